The van der Waals surface area contributed by atoms with E-state index in [4.69, 9.17) is 21.4 Å². The van der Waals surface area contributed by atoms with Crippen molar-refractivity contribution >= 4 is 17.6 Å². The van der Waals surface area contributed by atoms with Gasteiger partial charge in [0.05, 0.1) is 13.5 Å². The summed E-state index contributed by atoms with van der Waals surface area (Å²) in [5, 5.41) is 19.3. The molecule has 2 N–H and O–H groups in total. The van der Waals surface area contributed by atoms with Crippen LogP contribution in [0.2, 0.25) is 5.02 Å². The molecule has 5 heteroatoms. The number of benzene rings is 1. The molecule has 1 aromatic carbocycles. The van der Waals surface area contributed by atoms with Crippen molar-refractivity contribution in [1.82, 2.24) is 0 Å². The Balaban J connectivity index is 2.59. The Morgan fingerprint density at radius 1 is 1.56 bits per heavy atom. The summed E-state index contributed by atoms with van der Waals surface area (Å²) in [4.78, 5) is 11.0. The van der Waals surface area contributed by atoms with Crippen molar-refractivity contribution in [2.24, 2.45) is 0 Å². The second-order valence-electron chi connectivity index (χ2n) is 4.76. The number of methoxy groups -OCH3 is 1. The van der Waals surface area contributed by atoms with Crippen LogP contribution in [0.1, 0.15) is 30.4 Å². The van der Waals surface area contributed by atoms with Gasteiger partial charge in [-0.25, -0.2) is 0 Å². The predicted octanol–water partition coefficient (Wildman–Crippen LogP) is 2.87. The number of ether oxygens (including phenoxy) is 1. The number of aliphatic carboxylic acids is 1. The summed E-state index contributed by atoms with van der Waals surface area (Å²) < 4.78 is 5.22. The molecule has 0 amide bonds. The highest BCUT2D eigenvalue weighted by atomic mass is 35.5. The minimum atomic E-state index is -0.853. The average Bonchev–Trinajstić information content (AvgIpc) is 3.02. The lowest BCUT2D eigenvalue weighted by atomic mass is 9.87. The third kappa shape index (κ3) is 2.01. The second-order valence-corrected chi connectivity index (χ2v) is 5.17. The fraction of sp³-hybridized carbons (Fsp3) is 0.462. The predicted molar refractivity (Wildman–Crippen MR) is 67.6 cm³/mol. The van der Waals surface area contributed by atoms with Crippen LogP contribution in [0.25, 0.3) is 0 Å². The molecule has 1 fully saturated rings. The first-order valence-corrected chi connectivity index (χ1v) is 6.07. The van der Waals surface area contributed by atoms with Crippen molar-refractivity contribution in [3.63, 3.8) is 0 Å². The largest absolute Gasteiger partial charge is 0.504 e. The van der Waals surface area contributed by atoms with Gasteiger partial charge < -0.3 is 14.9 Å². The third-order valence-corrected chi connectivity index (χ3v) is 3.93. The molecule has 1 aromatic rings. The molecular formula is C13H15ClO4. The summed E-state index contributed by atoms with van der Waals surface area (Å²) in [7, 11) is 1.46. The van der Waals surface area contributed by atoms with E-state index in [1.807, 2.05) is 6.92 Å². The lowest BCUT2D eigenvalue weighted by Crippen LogP contribution is -2.16. The number of rotatable bonds is 4. The smallest absolute Gasteiger partial charge is 0.304 e. The van der Waals surface area contributed by atoms with Crippen LogP contribution in [0.4, 0.5) is 0 Å². The molecule has 0 heterocycles. The maximum Gasteiger partial charge on any atom is 0.304 e. The third-order valence-electron chi connectivity index (χ3n) is 3.53. The lowest BCUT2D eigenvalue weighted by molar-refractivity contribution is -0.137. The van der Waals surface area contributed by atoms with Crippen molar-refractivity contribution in [2.75, 3.05) is 7.11 Å². The van der Waals surface area contributed by atoms with E-state index in [0.29, 0.717) is 10.8 Å². The van der Waals surface area contributed by atoms with Crippen LogP contribution in [0.3, 0.4) is 0 Å². The zero-order valence-electron chi connectivity index (χ0n) is 10.3. The van der Waals surface area contributed by atoms with Gasteiger partial charge in [0.2, 0.25) is 0 Å². The van der Waals surface area contributed by atoms with E-state index >= 15 is 0 Å². The van der Waals surface area contributed by atoms with Gasteiger partial charge in [-0.1, -0.05) is 11.6 Å². The van der Waals surface area contributed by atoms with Crippen LogP contribution in [-0.4, -0.2) is 23.3 Å². The van der Waals surface area contributed by atoms with Gasteiger partial charge in [-0.2, -0.15) is 0 Å². The van der Waals surface area contributed by atoms with Crippen LogP contribution < -0.4 is 4.74 Å². The van der Waals surface area contributed by atoms with Gasteiger partial charge in [0.1, 0.15) is 0 Å². The number of carboxylic acids is 1. The number of phenols is 1. The lowest BCUT2D eigenvalue weighted by Gasteiger charge is -2.21. The van der Waals surface area contributed by atoms with Crippen molar-refractivity contribution in [3.8, 4) is 11.5 Å². The summed E-state index contributed by atoms with van der Waals surface area (Å²) in [6, 6.07) is 1.43. The van der Waals surface area contributed by atoms with Gasteiger partial charge in [0, 0.05) is 22.1 Å². The van der Waals surface area contributed by atoms with Gasteiger partial charge in [0.25, 0.3) is 0 Å². The molecule has 0 bridgehead atoms. The fourth-order valence-corrected chi connectivity index (χ4v) is 2.71. The Kier molecular flexibility index (Phi) is 3.15. The van der Waals surface area contributed by atoms with Crippen LogP contribution in [-0.2, 0) is 10.2 Å². The van der Waals surface area contributed by atoms with Gasteiger partial charge in [-0.3, -0.25) is 4.79 Å². The Labute approximate surface area is 110 Å². The van der Waals surface area contributed by atoms with Crippen molar-refractivity contribution in [2.45, 2.75) is 31.6 Å². The van der Waals surface area contributed by atoms with E-state index in [1.54, 1.807) is 0 Å². The number of carboxylic acid groups (broad SMARTS) is 1. The van der Waals surface area contributed by atoms with E-state index in [0.717, 1.165) is 24.0 Å². The van der Waals surface area contributed by atoms with Crippen LogP contribution in [0.5, 0.6) is 11.5 Å². The summed E-state index contributed by atoms with van der Waals surface area (Å²) in [5.74, 6) is -0.552. The molecule has 1 saturated carbocycles. The Morgan fingerprint density at radius 2 is 2.17 bits per heavy atom. The first kappa shape index (κ1) is 13.0. The van der Waals surface area contributed by atoms with E-state index in [2.05, 4.69) is 0 Å². The Hall–Kier alpha value is -1.42. The molecule has 2 rings (SSSR count). The van der Waals surface area contributed by atoms with Gasteiger partial charge in [-0.15, -0.1) is 0 Å². The maximum absolute atomic E-state index is 11.0. The first-order valence-electron chi connectivity index (χ1n) is 5.69. The quantitative estimate of drug-likeness (QED) is 0.883. The zero-order chi connectivity index (χ0) is 13.5. The maximum atomic E-state index is 11.0. The Bertz CT molecular complexity index is 506. The summed E-state index contributed by atoms with van der Waals surface area (Å²) in [5.41, 5.74) is 1.08. The topological polar surface area (TPSA) is 66.8 Å². The van der Waals surface area contributed by atoms with Crippen molar-refractivity contribution < 1.29 is 19.7 Å². The minimum absolute atomic E-state index is 0.0317. The van der Waals surface area contributed by atoms with Gasteiger partial charge in [0.15, 0.2) is 11.5 Å². The highest BCUT2D eigenvalue weighted by molar-refractivity contribution is 6.31. The van der Waals surface area contributed by atoms with E-state index in [-0.39, 0.29) is 12.2 Å². The highest BCUT2D eigenvalue weighted by Gasteiger charge is 2.49. The molecule has 0 radical (unpaired) electrons. The van der Waals surface area contributed by atoms with Crippen molar-refractivity contribution in [3.05, 3.63) is 22.2 Å². The number of hydrogen-bond donors (Lipinski definition) is 2. The number of halogens is 1. The molecule has 0 spiro atoms. The molecule has 98 valence electrons. The molecular weight excluding hydrogens is 256 g/mol. The molecule has 0 aromatic heterocycles. The van der Waals surface area contributed by atoms with Crippen LogP contribution in [0.15, 0.2) is 6.07 Å². The van der Waals surface area contributed by atoms with E-state index in [9.17, 15) is 9.90 Å². The van der Waals surface area contributed by atoms with E-state index < -0.39 is 11.4 Å². The van der Waals surface area contributed by atoms with Gasteiger partial charge in [-0.05, 0) is 25.3 Å². The minimum Gasteiger partial charge on any atom is -0.504 e. The molecule has 1 aliphatic carbocycles. The summed E-state index contributed by atoms with van der Waals surface area (Å²) in [6.45, 7) is 1.82. The highest BCUT2D eigenvalue weighted by Crippen LogP contribution is 2.57. The number of phenolic OH excluding ortho intramolecular Hbond substituents is 1. The Morgan fingerprint density at radius 3 is 2.61 bits per heavy atom. The van der Waals surface area contributed by atoms with Gasteiger partial charge >= 0.3 is 5.97 Å². The molecule has 1 aliphatic rings. The SMILES string of the molecule is COc1c(O)cc(Cl)c(C)c1C1(CC(=O)O)CC1. The van der Waals surface area contributed by atoms with Crippen LogP contribution >= 0.6 is 11.6 Å². The molecule has 0 aliphatic heterocycles. The molecule has 0 unspecified atom stereocenters. The molecule has 18 heavy (non-hydrogen) atoms. The zero-order valence-corrected chi connectivity index (χ0v) is 11.0. The van der Waals surface area contributed by atoms with Crippen LogP contribution in [0, 0.1) is 6.92 Å². The number of aromatic hydroxyl groups is 1. The van der Waals surface area contributed by atoms with E-state index in [1.165, 1.54) is 13.2 Å². The second kappa shape index (κ2) is 4.35. The monoisotopic (exact) mass is 270 g/mol. The molecule has 0 atom stereocenters. The molecule has 4 nitrogen and oxygen atoms in total. The summed E-state index contributed by atoms with van der Waals surface area (Å²) >= 11 is 6.06. The molecule has 0 saturated heterocycles. The van der Waals surface area contributed by atoms with Crippen molar-refractivity contribution in [1.29, 1.82) is 0 Å². The standard InChI is InChI=1S/C13H15ClO4/c1-7-8(14)5-9(15)12(18-2)11(7)13(3-4-13)6-10(16)17/h5,15H,3-4,6H2,1-2H3,(H,16,17). The number of carbonyl (C=O) groups is 1. The summed E-state index contributed by atoms with van der Waals surface area (Å²) in [6.07, 6.45) is 1.58. The average molecular weight is 271 g/mol. The normalized spacial score (nSPS) is 16.4. The number of hydrogen-bond acceptors (Lipinski definition) is 3. The first-order chi connectivity index (χ1) is 8.41. The fourth-order valence-electron chi connectivity index (χ4n) is 2.51.